The molecule has 2 aromatic carbocycles. The van der Waals surface area contributed by atoms with E-state index in [9.17, 15) is 4.39 Å². The summed E-state index contributed by atoms with van der Waals surface area (Å²) in [6.45, 7) is 0. The SMILES string of the molecule is Fc1ccc(C[CH]CCc2ccc(Cl)cc2)cc1. The van der Waals surface area contributed by atoms with Gasteiger partial charge in [0.05, 0.1) is 0 Å². The second-order valence-corrected chi connectivity index (χ2v) is 4.72. The zero-order valence-electron chi connectivity index (χ0n) is 10.1. The molecule has 2 rings (SSSR count). The number of hydrogen-bond acceptors (Lipinski definition) is 0. The molecule has 0 aliphatic rings. The minimum atomic E-state index is -0.181. The van der Waals surface area contributed by atoms with Crippen LogP contribution in [0.15, 0.2) is 48.5 Å². The van der Waals surface area contributed by atoms with Crippen molar-refractivity contribution in [3.05, 3.63) is 76.9 Å². The minimum Gasteiger partial charge on any atom is -0.207 e. The van der Waals surface area contributed by atoms with Crippen LogP contribution in [-0.2, 0) is 12.8 Å². The first-order valence-corrected chi connectivity index (χ1v) is 6.42. The molecule has 0 aliphatic carbocycles. The number of benzene rings is 2. The third-order valence-electron chi connectivity index (χ3n) is 2.84. The van der Waals surface area contributed by atoms with Crippen molar-refractivity contribution in [3.63, 3.8) is 0 Å². The average molecular weight is 262 g/mol. The van der Waals surface area contributed by atoms with Crippen molar-refractivity contribution in [1.29, 1.82) is 0 Å². The second kappa shape index (κ2) is 6.55. The van der Waals surface area contributed by atoms with E-state index in [-0.39, 0.29) is 5.82 Å². The molecule has 0 atom stereocenters. The molecule has 0 nitrogen and oxygen atoms in total. The van der Waals surface area contributed by atoms with E-state index in [4.69, 9.17) is 11.6 Å². The van der Waals surface area contributed by atoms with Crippen LogP contribution in [0.5, 0.6) is 0 Å². The van der Waals surface area contributed by atoms with Gasteiger partial charge in [-0.05, 0) is 61.1 Å². The lowest BCUT2D eigenvalue weighted by Crippen LogP contribution is -1.90. The van der Waals surface area contributed by atoms with Crippen LogP contribution in [0.1, 0.15) is 17.5 Å². The topological polar surface area (TPSA) is 0 Å². The molecule has 0 spiro atoms. The molecule has 0 fully saturated rings. The standard InChI is InChI=1S/C16H15ClF/c17-15-9-5-13(6-10-15)3-1-2-4-14-7-11-16(18)12-8-14/h2,5-12H,1,3-4H2. The zero-order chi connectivity index (χ0) is 12.8. The van der Waals surface area contributed by atoms with E-state index in [0.29, 0.717) is 0 Å². The van der Waals surface area contributed by atoms with Crippen molar-refractivity contribution in [2.75, 3.05) is 0 Å². The van der Waals surface area contributed by atoms with Gasteiger partial charge in [-0.2, -0.15) is 0 Å². The lowest BCUT2D eigenvalue weighted by molar-refractivity contribution is 0.627. The highest BCUT2D eigenvalue weighted by Crippen LogP contribution is 2.12. The first-order chi connectivity index (χ1) is 8.74. The largest absolute Gasteiger partial charge is 0.207 e. The number of rotatable bonds is 5. The van der Waals surface area contributed by atoms with Gasteiger partial charge in [-0.3, -0.25) is 0 Å². The quantitative estimate of drug-likeness (QED) is 0.675. The highest BCUT2D eigenvalue weighted by atomic mass is 35.5. The van der Waals surface area contributed by atoms with Crippen LogP contribution in [0.4, 0.5) is 4.39 Å². The fourth-order valence-corrected chi connectivity index (χ4v) is 1.94. The molecule has 0 aromatic heterocycles. The van der Waals surface area contributed by atoms with Crippen molar-refractivity contribution < 1.29 is 4.39 Å². The summed E-state index contributed by atoms with van der Waals surface area (Å²) < 4.78 is 12.7. The molecule has 2 aromatic rings. The van der Waals surface area contributed by atoms with Gasteiger partial charge in [-0.15, -0.1) is 0 Å². The van der Waals surface area contributed by atoms with Gasteiger partial charge >= 0.3 is 0 Å². The summed E-state index contributed by atoms with van der Waals surface area (Å²) >= 11 is 5.83. The lowest BCUT2D eigenvalue weighted by atomic mass is 10.0. The van der Waals surface area contributed by atoms with E-state index >= 15 is 0 Å². The van der Waals surface area contributed by atoms with Gasteiger partial charge in [0.1, 0.15) is 5.82 Å². The summed E-state index contributed by atoms with van der Waals surface area (Å²) in [7, 11) is 0. The van der Waals surface area contributed by atoms with Crippen LogP contribution in [0.25, 0.3) is 0 Å². The van der Waals surface area contributed by atoms with Gasteiger partial charge in [-0.1, -0.05) is 35.9 Å². The molecule has 0 amide bonds. The molecule has 0 heterocycles. The third-order valence-corrected chi connectivity index (χ3v) is 3.10. The van der Waals surface area contributed by atoms with Crippen LogP contribution in [0.2, 0.25) is 5.02 Å². The van der Waals surface area contributed by atoms with Gasteiger partial charge in [0.15, 0.2) is 0 Å². The molecule has 0 saturated carbocycles. The summed E-state index contributed by atoms with van der Waals surface area (Å²) in [4.78, 5) is 0. The molecule has 0 saturated heterocycles. The summed E-state index contributed by atoms with van der Waals surface area (Å²) in [6.07, 6.45) is 5.13. The number of hydrogen-bond donors (Lipinski definition) is 0. The average Bonchev–Trinajstić information content (AvgIpc) is 2.39. The highest BCUT2D eigenvalue weighted by molar-refractivity contribution is 6.30. The van der Waals surface area contributed by atoms with Crippen LogP contribution >= 0.6 is 11.6 Å². The molecule has 18 heavy (non-hydrogen) atoms. The summed E-state index contributed by atoms with van der Waals surface area (Å²) in [5.41, 5.74) is 2.43. The monoisotopic (exact) mass is 261 g/mol. The van der Waals surface area contributed by atoms with E-state index in [1.54, 1.807) is 0 Å². The number of halogens is 2. The number of unbranched alkanes of at least 4 members (excludes halogenated alkanes) is 1. The maximum atomic E-state index is 12.7. The number of aryl methyl sites for hydroxylation is 1. The normalized spacial score (nSPS) is 10.6. The van der Waals surface area contributed by atoms with E-state index < -0.39 is 0 Å². The molecule has 0 aliphatic heterocycles. The van der Waals surface area contributed by atoms with Crippen LogP contribution in [-0.4, -0.2) is 0 Å². The Hall–Kier alpha value is -1.34. The molecule has 1 radical (unpaired) electrons. The second-order valence-electron chi connectivity index (χ2n) is 4.28. The fraction of sp³-hybridized carbons (Fsp3) is 0.188. The minimum absolute atomic E-state index is 0.181. The van der Waals surface area contributed by atoms with Crippen LogP contribution in [0, 0.1) is 12.2 Å². The van der Waals surface area contributed by atoms with Crippen molar-refractivity contribution in [2.45, 2.75) is 19.3 Å². The molecule has 2 heteroatoms. The van der Waals surface area contributed by atoms with E-state index in [1.807, 2.05) is 36.4 Å². The zero-order valence-corrected chi connectivity index (χ0v) is 10.8. The lowest BCUT2D eigenvalue weighted by Gasteiger charge is -2.02. The predicted molar refractivity (Wildman–Crippen MR) is 74.2 cm³/mol. The van der Waals surface area contributed by atoms with Gasteiger partial charge in [0.25, 0.3) is 0 Å². The molecule has 93 valence electrons. The van der Waals surface area contributed by atoms with Gasteiger partial charge in [0, 0.05) is 5.02 Å². The summed E-state index contributed by atoms with van der Waals surface area (Å²) in [5, 5.41) is 0.772. The maximum absolute atomic E-state index is 12.7. The summed E-state index contributed by atoms with van der Waals surface area (Å²) in [6, 6.07) is 14.6. The first-order valence-electron chi connectivity index (χ1n) is 6.04. The molecule has 0 bridgehead atoms. The van der Waals surface area contributed by atoms with Crippen molar-refractivity contribution in [2.24, 2.45) is 0 Å². The predicted octanol–water partition coefficient (Wildman–Crippen LogP) is 4.86. The molecule has 0 unspecified atom stereocenters. The maximum Gasteiger partial charge on any atom is 0.123 e. The smallest absolute Gasteiger partial charge is 0.123 e. The van der Waals surface area contributed by atoms with Crippen LogP contribution in [0.3, 0.4) is 0 Å². The Balaban J connectivity index is 1.73. The third kappa shape index (κ3) is 4.15. The van der Waals surface area contributed by atoms with E-state index in [0.717, 1.165) is 29.8 Å². The van der Waals surface area contributed by atoms with E-state index in [2.05, 4.69) is 6.42 Å². The van der Waals surface area contributed by atoms with Crippen molar-refractivity contribution in [1.82, 2.24) is 0 Å². The molecular formula is C16H15ClF. The Kier molecular flexibility index (Phi) is 4.77. The Labute approximate surface area is 112 Å². The van der Waals surface area contributed by atoms with Crippen molar-refractivity contribution >= 4 is 11.6 Å². The fourth-order valence-electron chi connectivity index (χ4n) is 1.81. The molecule has 0 N–H and O–H groups in total. The first kappa shape index (κ1) is 13.1. The van der Waals surface area contributed by atoms with Gasteiger partial charge in [-0.25, -0.2) is 4.39 Å². The van der Waals surface area contributed by atoms with E-state index in [1.165, 1.54) is 17.7 Å². The molecular weight excluding hydrogens is 247 g/mol. The Morgan fingerprint density at radius 2 is 1.50 bits per heavy atom. The highest BCUT2D eigenvalue weighted by Gasteiger charge is 1.97. The Morgan fingerprint density at radius 3 is 2.17 bits per heavy atom. The Bertz CT molecular complexity index is 426. The Morgan fingerprint density at radius 1 is 0.889 bits per heavy atom. The van der Waals surface area contributed by atoms with Crippen LogP contribution < -0.4 is 0 Å². The van der Waals surface area contributed by atoms with Gasteiger partial charge in [0.2, 0.25) is 0 Å². The summed E-state index contributed by atoms with van der Waals surface area (Å²) in [5.74, 6) is -0.181. The van der Waals surface area contributed by atoms with Crippen molar-refractivity contribution in [3.8, 4) is 0 Å². The van der Waals surface area contributed by atoms with Gasteiger partial charge < -0.3 is 0 Å².